The number of allylic oxidation sites excluding steroid dienone is 2. The van der Waals surface area contributed by atoms with Crippen molar-refractivity contribution in [2.75, 3.05) is 0 Å². The summed E-state index contributed by atoms with van der Waals surface area (Å²) < 4.78 is 1.36. The van der Waals surface area contributed by atoms with Gasteiger partial charge in [0.05, 0.1) is 0 Å². The zero-order chi connectivity index (χ0) is 4.41. The van der Waals surface area contributed by atoms with E-state index in [1.807, 2.05) is 0 Å². The number of hydrogen-bond donors (Lipinski definition) is 0. The van der Waals surface area contributed by atoms with Crippen LogP contribution in [0.25, 0.3) is 0 Å². The Labute approximate surface area is 47.5 Å². The van der Waals surface area contributed by atoms with E-state index in [4.69, 9.17) is 0 Å². The van der Waals surface area contributed by atoms with E-state index in [0.717, 1.165) is 25.2 Å². The van der Waals surface area contributed by atoms with Crippen LogP contribution in [0, 0.1) is 0 Å². The average Bonchev–Trinajstić information content (AvgIpc) is 1.86. The summed E-state index contributed by atoms with van der Waals surface area (Å²) in [6.07, 6.45) is 2.14. The van der Waals surface area contributed by atoms with Crippen LogP contribution in [0.4, 0.5) is 0 Å². The van der Waals surface area contributed by atoms with Crippen molar-refractivity contribution in [1.82, 2.24) is 0 Å². The first-order valence-corrected chi connectivity index (χ1v) is 7.76. The summed E-state index contributed by atoms with van der Waals surface area (Å²) in [5, 5.41) is 0. The van der Waals surface area contributed by atoms with Crippen molar-refractivity contribution in [2.24, 2.45) is 0 Å². The molecule has 32 valence electrons. The fourth-order valence-corrected chi connectivity index (χ4v) is 4.92. The molecule has 2 heteroatoms. The van der Waals surface area contributed by atoms with Crippen molar-refractivity contribution in [2.45, 2.75) is 0 Å². The van der Waals surface area contributed by atoms with Gasteiger partial charge in [-0.15, -0.1) is 0 Å². The van der Waals surface area contributed by atoms with E-state index >= 15 is 0 Å². The normalized spacial score (nSPS) is 17.0. The SMILES string of the molecule is C=C1C=C[Se]=[Se]1. The molecule has 1 heterocycles. The van der Waals surface area contributed by atoms with Gasteiger partial charge in [0.2, 0.25) is 0 Å². The molecule has 0 N–H and O–H groups in total. The Morgan fingerprint density at radius 2 is 2.50 bits per heavy atom. The average molecular weight is 210 g/mol. The molecule has 0 aliphatic carbocycles. The minimum absolute atomic E-state index is 0.785. The molecule has 0 amide bonds. The molecule has 0 fully saturated rings. The van der Waals surface area contributed by atoms with E-state index in [1.54, 1.807) is 0 Å². The Bertz CT molecular complexity index is 108. The van der Waals surface area contributed by atoms with Crippen LogP contribution in [0.5, 0.6) is 0 Å². The molecular weight excluding hydrogens is 206 g/mol. The van der Waals surface area contributed by atoms with Crippen molar-refractivity contribution in [3.05, 3.63) is 22.1 Å². The third-order valence-electron chi connectivity index (χ3n) is 0.465. The second-order valence-corrected chi connectivity index (χ2v) is 7.29. The van der Waals surface area contributed by atoms with E-state index in [1.165, 1.54) is 4.47 Å². The summed E-state index contributed by atoms with van der Waals surface area (Å²) in [5.74, 6) is 0. The van der Waals surface area contributed by atoms with E-state index in [9.17, 15) is 0 Å². The summed E-state index contributed by atoms with van der Waals surface area (Å²) in [7, 11) is 0. The van der Waals surface area contributed by atoms with Gasteiger partial charge in [0.15, 0.2) is 0 Å². The quantitative estimate of drug-likeness (QED) is 0.506. The van der Waals surface area contributed by atoms with Crippen LogP contribution < -0.4 is 0 Å². The Balaban J connectivity index is 2.86. The van der Waals surface area contributed by atoms with Crippen molar-refractivity contribution in [3.63, 3.8) is 0 Å². The predicted octanol–water partition coefficient (Wildman–Crippen LogP) is 0.351. The molecule has 1 aliphatic heterocycles. The predicted molar refractivity (Wildman–Crippen MR) is 29.8 cm³/mol. The second-order valence-electron chi connectivity index (χ2n) is 0.949. The van der Waals surface area contributed by atoms with Gasteiger partial charge in [-0.2, -0.15) is 0 Å². The molecule has 1 aliphatic rings. The van der Waals surface area contributed by atoms with Crippen molar-refractivity contribution < 1.29 is 0 Å². The van der Waals surface area contributed by atoms with E-state index < -0.39 is 0 Å². The molecule has 0 saturated carbocycles. The molecule has 0 bridgehead atoms. The van der Waals surface area contributed by atoms with E-state index in [0.29, 0.717) is 0 Å². The molecule has 2 radical (unpaired) electrons. The van der Waals surface area contributed by atoms with Gasteiger partial charge in [-0.25, -0.2) is 0 Å². The van der Waals surface area contributed by atoms with Gasteiger partial charge < -0.3 is 0 Å². The summed E-state index contributed by atoms with van der Waals surface area (Å²) in [6.45, 7) is 3.81. The molecule has 0 atom stereocenters. The van der Waals surface area contributed by atoms with Crippen molar-refractivity contribution >= 4 is 25.2 Å². The Kier molecular flexibility index (Phi) is 1.55. The molecule has 0 aromatic heterocycles. The first kappa shape index (κ1) is 4.67. The van der Waals surface area contributed by atoms with Crippen LogP contribution in [-0.4, -0.2) is 25.2 Å². The summed E-state index contributed by atoms with van der Waals surface area (Å²) in [4.78, 5) is 2.25. The van der Waals surface area contributed by atoms with Gasteiger partial charge in [-0.3, -0.25) is 0 Å². The first-order valence-electron chi connectivity index (χ1n) is 1.58. The van der Waals surface area contributed by atoms with Gasteiger partial charge in [0.25, 0.3) is 0 Å². The van der Waals surface area contributed by atoms with Gasteiger partial charge in [0.1, 0.15) is 0 Å². The monoisotopic (exact) mass is 212 g/mol. The van der Waals surface area contributed by atoms with Crippen LogP contribution in [0.1, 0.15) is 0 Å². The summed E-state index contributed by atoms with van der Waals surface area (Å²) in [5.41, 5.74) is 0. The van der Waals surface area contributed by atoms with Gasteiger partial charge in [0, 0.05) is 0 Å². The van der Waals surface area contributed by atoms with Gasteiger partial charge in [-0.05, 0) is 0 Å². The number of hydrogen-bond acceptors (Lipinski definition) is 0. The molecule has 0 spiro atoms. The molecule has 6 heavy (non-hydrogen) atoms. The Morgan fingerprint density at radius 1 is 1.67 bits per heavy atom. The van der Waals surface area contributed by atoms with E-state index in [-0.39, 0.29) is 0 Å². The maximum absolute atomic E-state index is 3.81. The standard InChI is InChI=1S/C4H4Se2/c1-4-2-3-5-6-4/h2-3H,1H2. The third-order valence-corrected chi connectivity index (χ3v) is 6.51. The molecule has 0 aromatic rings. The Hall–Kier alpha value is 0.519. The fourth-order valence-electron chi connectivity index (χ4n) is 0.221. The molecule has 0 saturated heterocycles. The Morgan fingerprint density at radius 3 is 2.67 bits per heavy atom. The molecule has 0 unspecified atom stereocenters. The third kappa shape index (κ3) is 0.990. The van der Waals surface area contributed by atoms with Crippen LogP contribution in [0.2, 0.25) is 0 Å². The molecule has 1 rings (SSSR count). The maximum atomic E-state index is 3.81. The van der Waals surface area contributed by atoms with Crippen LogP contribution >= 0.6 is 0 Å². The van der Waals surface area contributed by atoms with E-state index in [2.05, 4.69) is 17.6 Å². The first-order chi connectivity index (χ1) is 2.89. The number of rotatable bonds is 0. The summed E-state index contributed by atoms with van der Waals surface area (Å²) in [6, 6.07) is 0. The van der Waals surface area contributed by atoms with Crippen LogP contribution in [0.3, 0.4) is 0 Å². The topological polar surface area (TPSA) is 0 Å². The minimum atomic E-state index is 0.785. The zero-order valence-corrected chi connectivity index (χ0v) is 6.60. The van der Waals surface area contributed by atoms with Gasteiger partial charge >= 0.3 is 47.3 Å². The van der Waals surface area contributed by atoms with Crippen LogP contribution in [-0.2, 0) is 0 Å². The van der Waals surface area contributed by atoms with Crippen molar-refractivity contribution in [1.29, 1.82) is 0 Å². The molecule has 0 aromatic carbocycles. The molecular formula is C4H4Se2. The fraction of sp³-hybridized carbons (Fsp3) is 0. The summed E-state index contributed by atoms with van der Waals surface area (Å²) >= 11 is 1.61. The van der Waals surface area contributed by atoms with Gasteiger partial charge in [-0.1, -0.05) is 0 Å². The van der Waals surface area contributed by atoms with Crippen molar-refractivity contribution in [3.8, 4) is 0 Å². The zero-order valence-electron chi connectivity index (χ0n) is 3.18. The second kappa shape index (κ2) is 1.99. The van der Waals surface area contributed by atoms with Crippen LogP contribution in [0.15, 0.2) is 22.1 Å². The molecule has 0 nitrogen and oxygen atoms in total.